The van der Waals surface area contributed by atoms with Crippen molar-refractivity contribution in [1.29, 1.82) is 0 Å². The first-order valence-electron chi connectivity index (χ1n) is 6.92. The van der Waals surface area contributed by atoms with Crippen LogP contribution in [0.25, 0.3) is 10.8 Å². The quantitative estimate of drug-likeness (QED) is 0.596. The molecule has 0 bridgehead atoms. The predicted octanol–water partition coefficient (Wildman–Crippen LogP) is 5.57. The van der Waals surface area contributed by atoms with Crippen LogP contribution in [0.1, 0.15) is 38.2 Å². The summed E-state index contributed by atoms with van der Waals surface area (Å²) in [6.07, 6.45) is 5.76. The summed E-state index contributed by atoms with van der Waals surface area (Å²) in [5.41, 5.74) is 1.45. The van der Waals surface area contributed by atoms with Gasteiger partial charge in [0, 0.05) is 5.38 Å². The van der Waals surface area contributed by atoms with E-state index in [4.69, 9.17) is 11.6 Å². The number of rotatable bonds is 6. The molecule has 0 heterocycles. The lowest BCUT2D eigenvalue weighted by Crippen LogP contribution is -1.99. The topological polar surface area (TPSA) is 0 Å². The molecule has 0 saturated heterocycles. The van der Waals surface area contributed by atoms with Gasteiger partial charge in [0.1, 0.15) is 0 Å². The normalized spacial score (nSPS) is 12.8. The van der Waals surface area contributed by atoms with Gasteiger partial charge >= 0.3 is 0 Å². The molecule has 0 nitrogen and oxygen atoms in total. The van der Waals surface area contributed by atoms with Gasteiger partial charge in [0.25, 0.3) is 0 Å². The van der Waals surface area contributed by atoms with Gasteiger partial charge in [-0.15, -0.1) is 11.6 Å². The molecule has 2 aromatic rings. The lowest BCUT2D eigenvalue weighted by atomic mass is 9.99. The average molecular weight is 261 g/mol. The van der Waals surface area contributed by atoms with E-state index in [1.807, 2.05) is 0 Å². The third-order valence-electron chi connectivity index (χ3n) is 3.45. The molecular weight excluding hydrogens is 240 g/mol. The van der Waals surface area contributed by atoms with Crippen LogP contribution in [0.2, 0.25) is 0 Å². The van der Waals surface area contributed by atoms with Crippen LogP contribution < -0.4 is 0 Å². The second-order valence-corrected chi connectivity index (χ2v) is 5.53. The monoisotopic (exact) mass is 260 g/mol. The van der Waals surface area contributed by atoms with Crippen LogP contribution in [0, 0.1) is 0 Å². The largest absolute Gasteiger partial charge is 0.123 e. The van der Waals surface area contributed by atoms with E-state index >= 15 is 0 Å². The number of benzene rings is 2. The highest BCUT2D eigenvalue weighted by Crippen LogP contribution is 2.21. The van der Waals surface area contributed by atoms with Crippen molar-refractivity contribution >= 4 is 22.4 Å². The van der Waals surface area contributed by atoms with E-state index in [-0.39, 0.29) is 0 Å². The highest BCUT2D eigenvalue weighted by atomic mass is 35.5. The molecule has 18 heavy (non-hydrogen) atoms. The Kier molecular flexibility index (Phi) is 5.07. The molecule has 1 heteroatoms. The van der Waals surface area contributed by atoms with E-state index in [9.17, 15) is 0 Å². The zero-order valence-electron chi connectivity index (χ0n) is 11.0. The minimum Gasteiger partial charge on any atom is -0.123 e. The Morgan fingerprint density at radius 2 is 1.78 bits per heavy atom. The molecule has 0 N–H and O–H groups in total. The predicted molar refractivity (Wildman–Crippen MR) is 81.4 cm³/mol. The fraction of sp³-hybridized carbons (Fsp3) is 0.412. The second-order valence-electron chi connectivity index (χ2n) is 4.92. The molecular formula is C17H21Cl. The highest BCUT2D eigenvalue weighted by molar-refractivity contribution is 6.20. The number of aryl methyl sites for hydroxylation is 1. The van der Waals surface area contributed by atoms with Gasteiger partial charge in [-0.25, -0.2) is 0 Å². The molecule has 0 aliphatic heterocycles. The van der Waals surface area contributed by atoms with Crippen molar-refractivity contribution in [2.45, 2.75) is 44.4 Å². The molecule has 0 aliphatic carbocycles. The molecule has 1 unspecified atom stereocenters. The number of hydrogen-bond acceptors (Lipinski definition) is 0. The molecule has 0 spiro atoms. The highest BCUT2D eigenvalue weighted by Gasteiger charge is 2.04. The first kappa shape index (κ1) is 13.4. The van der Waals surface area contributed by atoms with Crippen LogP contribution in [0.3, 0.4) is 0 Å². The van der Waals surface area contributed by atoms with Crippen LogP contribution >= 0.6 is 11.6 Å². The van der Waals surface area contributed by atoms with Crippen molar-refractivity contribution in [3.05, 3.63) is 48.0 Å². The van der Waals surface area contributed by atoms with E-state index in [1.54, 1.807) is 0 Å². The fourth-order valence-corrected chi connectivity index (χ4v) is 2.85. The second kappa shape index (κ2) is 6.80. The van der Waals surface area contributed by atoms with Gasteiger partial charge in [-0.3, -0.25) is 0 Å². The van der Waals surface area contributed by atoms with Gasteiger partial charge in [-0.1, -0.05) is 55.8 Å². The maximum absolute atomic E-state index is 6.27. The summed E-state index contributed by atoms with van der Waals surface area (Å²) >= 11 is 6.27. The number of halogens is 1. The SMILES string of the molecule is CCCC(Cl)CCCc1cccc2ccccc12. The van der Waals surface area contributed by atoms with E-state index in [0.717, 1.165) is 19.3 Å². The Morgan fingerprint density at radius 3 is 2.61 bits per heavy atom. The van der Waals surface area contributed by atoms with Crippen LogP contribution in [0.4, 0.5) is 0 Å². The zero-order valence-corrected chi connectivity index (χ0v) is 11.8. The minimum absolute atomic E-state index is 0.352. The minimum atomic E-state index is 0.352. The molecule has 0 fully saturated rings. The Balaban J connectivity index is 1.99. The Morgan fingerprint density at radius 1 is 1.00 bits per heavy atom. The van der Waals surface area contributed by atoms with Crippen molar-refractivity contribution in [2.75, 3.05) is 0 Å². The Hall–Kier alpha value is -1.01. The lowest BCUT2D eigenvalue weighted by molar-refractivity contribution is 0.641. The van der Waals surface area contributed by atoms with Crippen molar-refractivity contribution in [3.8, 4) is 0 Å². The molecule has 0 radical (unpaired) electrons. The molecule has 0 saturated carbocycles. The first-order chi connectivity index (χ1) is 8.81. The Bertz CT molecular complexity index is 484. The van der Waals surface area contributed by atoms with Gasteiger partial charge in [-0.2, -0.15) is 0 Å². The van der Waals surface area contributed by atoms with Gasteiger partial charge in [0.2, 0.25) is 0 Å². The van der Waals surface area contributed by atoms with E-state index in [2.05, 4.69) is 49.4 Å². The number of fused-ring (bicyclic) bond motifs is 1. The summed E-state index contributed by atoms with van der Waals surface area (Å²) < 4.78 is 0. The van der Waals surface area contributed by atoms with E-state index in [0.29, 0.717) is 5.38 Å². The van der Waals surface area contributed by atoms with E-state index in [1.165, 1.54) is 29.2 Å². The van der Waals surface area contributed by atoms with Crippen LogP contribution in [0.5, 0.6) is 0 Å². The summed E-state index contributed by atoms with van der Waals surface area (Å²) in [6.45, 7) is 2.19. The van der Waals surface area contributed by atoms with Gasteiger partial charge in [-0.05, 0) is 42.0 Å². The van der Waals surface area contributed by atoms with Gasteiger partial charge in [0.05, 0.1) is 0 Å². The maximum Gasteiger partial charge on any atom is 0.0336 e. The van der Waals surface area contributed by atoms with Crippen molar-refractivity contribution in [3.63, 3.8) is 0 Å². The maximum atomic E-state index is 6.27. The average Bonchev–Trinajstić information content (AvgIpc) is 2.39. The lowest BCUT2D eigenvalue weighted by Gasteiger charge is -2.09. The summed E-state index contributed by atoms with van der Waals surface area (Å²) in [4.78, 5) is 0. The van der Waals surface area contributed by atoms with Crippen molar-refractivity contribution in [2.24, 2.45) is 0 Å². The van der Waals surface area contributed by atoms with Gasteiger partial charge in [0.15, 0.2) is 0 Å². The molecule has 0 aromatic heterocycles. The summed E-state index contributed by atoms with van der Waals surface area (Å²) in [7, 11) is 0. The first-order valence-corrected chi connectivity index (χ1v) is 7.35. The van der Waals surface area contributed by atoms with Crippen LogP contribution in [0.15, 0.2) is 42.5 Å². The Labute approximate surface area is 115 Å². The molecule has 1 atom stereocenters. The van der Waals surface area contributed by atoms with Crippen molar-refractivity contribution < 1.29 is 0 Å². The summed E-state index contributed by atoms with van der Waals surface area (Å²) in [5.74, 6) is 0. The fourth-order valence-electron chi connectivity index (χ4n) is 2.48. The molecule has 0 amide bonds. The van der Waals surface area contributed by atoms with E-state index < -0.39 is 0 Å². The summed E-state index contributed by atoms with van der Waals surface area (Å²) in [5, 5.41) is 3.08. The van der Waals surface area contributed by atoms with Crippen LogP contribution in [-0.2, 0) is 6.42 Å². The number of hydrogen-bond donors (Lipinski definition) is 0. The van der Waals surface area contributed by atoms with Gasteiger partial charge < -0.3 is 0 Å². The molecule has 2 aromatic carbocycles. The third-order valence-corrected chi connectivity index (χ3v) is 3.88. The third kappa shape index (κ3) is 3.49. The molecule has 2 rings (SSSR count). The smallest absolute Gasteiger partial charge is 0.0336 e. The van der Waals surface area contributed by atoms with Crippen molar-refractivity contribution in [1.82, 2.24) is 0 Å². The zero-order chi connectivity index (χ0) is 12.8. The summed E-state index contributed by atoms with van der Waals surface area (Å²) in [6, 6.07) is 15.2. The van der Waals surface area contributed by atoms with Crippen LogP contribution in [-0.4, -0.2) is 5.38 Å². The molecule has 96 valence electrons. The molecule has 0 aliphatic rings. The number of alkyl halides is 1. The standard InChI is InChI=1S/C17H21Cl/c1-2-7-16(18)12-6-11-15-10-5-9-14-8-3-4-13-17(14)15/h3-5,8-10,13,16H,2,6-7,11-12H2,1H3.